The van der Waals surface area contributed by atoms with Crippen molar-refractivity contribution in [2.45, 2.75) is 55.1 Å². The summed E-state index contributed by atoms with van der Waals surface area (Å²) in [4.78, 5) is 14.3. The maximum Gasteiger partial charge on any atom is 0.460 e. The molecule has 1 aromatic carbocycles. The van der Waals surface area contributed by atoms with Gasteiger partial charge in [-0.2, -0.15) is 74.6 Å². The third kappa shape index (κ3) is 6.58. The number of benzene rings is 1. The van der Waals surface area contributed by atoms with Crippen LogP contribution in [0.5, 0.6) is 5.75 Å². The van der Waals surface area contributed by atoms with Crippen molar-refractivity contribution in [1.82, 2.24) is 4.90 Å². The van der Waals surface area contributed by atoms with Gasteiger partial charge in [-0.1, -0.05) is 13.0 Å². The van der Waals surface area contributed by atoms with Crippen LogP contribution in [-0.2, 0) is 0 Å². The highest BCUT2D eigenvalue weighted by atomic mass is 127. The molecule has 4 nitrogen and oxygen atoms in total. The number of para-hydroxylation sites is 1. The molecule has 0 bridgehead atoms. The molecule has 256 valence electrons. The first-order valence-electron chi connectivity index (χ1n) is 11.1. The van der Waals surface area contributed by atoms with Gasteiger partial charge in [0.25, 0.3) is 5.91 Å². The van der Waals surface area contributed by atoms with Crippen LogP contribution >= 0.6 is 24.0 Å². The van der Waals surface area contributed by atoms with E-state index in [1.807, 2.05) is 0 Å². The Morgan fingerprint density at radius 2 is 1.16 bits per heavy atom. The number of rotatable bonds is 12. The monoisotopic (exact) mass is 794 g/mol. The molecule has 1 rings (SSSR count). The Kier molecular flexibility index (Phi) is 12.4. The average Bonchev–Trinajstić information content (AvgIpc) is 2.86. The van der Waals surface area contributed by atoms with Crippen LogP contribution in [0.15, 0.2) is 30.0 Å². The molecule has 1 aromatic rings. The maximum atomic E-state index is 14.5. The lowest BCUT2D eigenvalue weighted by Crippen LogP contribution is -2.72. The van der Waals surface area contributed by atoms with Crippen LogP contribution in [0, 0.1) is 0 Å². The number of alkyl halides is 15. The molecule has 1 amide bonds. The van der Waals surface area contributed by atoms with E-state index in [0.717, 1.165) is 42.1 Å². The lowest BCUT2D eigenvalue weighted by molar-refractivity contribution is -0.451. The highest BCUT2D eigenvalue weighted by Gasteiger charge is 2.93. The fourth-order valence-corrected chi connectivity index (χ4v) is 3.16. The molecule has 0 unspecified atom stereocenters. The van der Waals surface area contributed by atoms with Crippen LogP contribution in [0.3, 0.4) is 0 Å². The van der Waals surface area contributed by atoms with Gasteiger partial charge in [-0.3, -0.25) is 4.79 Å². The summed E-state index contributed by atoms with van der Waals surface area (Å²) >= 11 is 0. The molecule has 0 saturated carbocycles. The van der Waals surface area contributed by atoms with E-state index in [2.05, 4.69) is 4.74 Å². The van der Waals surface area contributed by atoms with Crippen LogP contribution < -0.4 is 9.64 Å². The van der Waals surface area contributed by atoms with Crippen molar-refractivity contribution in [3.63, 3.8) is 0 Å². The van der Waals surface area contributed by atoms with Crippen molar-refractivity contribution >= 4 is 35.6 Å². The number of hydrogen-bond donors (Lipinski definition) is 0. The van der Waals surface area contributed by atoms with E-state index in [0.29, 0.717) is 0 Å². The standard InChI is InChI=1S/C22H19F17N2O2.HI/c1-5-9-41(4)11-8-6-7-10(15(42)40(2)3)12(11)43-14(24)13(23)16(25,26)17(27,28)18(29,30)19(31,32)20(33,34)21(35,36)22(37,38)39;/h6-8H,5,9H2,1-4H3;1H. The van der Waals surface area contributed by atoms with Crippen molar-refractivity contribution < 1.29 is 84.2 Å². The van der Waals surface area contributed by atoms with Gasteiger partial charge in [-0.25, -0.2) is 0 Å². The summed E-state index contributed by atoms with van der Waals surface area (Å²) in [5, 5.41) is 0. The Bertz CT molecular complexity index is 1220. The summed E-state index contributed by atoms with van der Waals surface area (Å²) in [5.41, 5.74) is -1.27. The Hall–Kier alpha value is -2.43. The second-order valence-corrected chi connectivity index (χ2v) is 8.91. The zero-order chi connectivity index (χ0) is 34.4. The molecular formula is C22H20F17IN2O2. The number of allylic oxidation sites excluding steroid dienone is 1. The molecule has 0 heterocycles. The van der Waals surface area contributed by atoms with Crippen molar-refractivity contribution in [2.24, 2.45) is 0 Å². The Balaban J connectivity index is 0.0000185. The Morgan fingerprint density at radius 3 is 1.57 bits per heavy atom. The SMILES string of the molecule is CCCN(C)c1cccc(C(=O)N(C)C)c1OC(F)=C(F)C(F)(F)C(F)(F)C(F)(F)C(F)(F)C(F)(F)C(F)(F)C(F)(F)F.I. The molecule has 0 N–H and O–H groups in total. The second kappa shape index (κ2) is 13.1. The Morgan fingerprint density at radius 1 is 0.727 bits per heavy atom. The molecule has 0 aliphatic rings. The summed E-state index contributed by atoms with van der Waals surface area (Å²) in [5.74, 6) is -57.1. The van der Waals surface area contributed by atoms with Crippen LogP contribution in [0.2, 0.25) is 0 Å². The minimum atomic E-state index is -8.69. The normalized spacial score (nSPS) is 14.5. The van der Waals surface area contributed by atoms with E-state index in [1.54, 1.807) is 6.92 Å². The summed E-state index contributed by atoms with van der Waals surface area (Å²) in [6.45, 7) is 1.55. The van der Waals surface area contributed by atoms with Crippen molar-refractivity contribution in [1.29, 1.82) is 0 Å². The summed E-state index contributed by atoms with van der Waals surface area (Å²) < 4.78 is 234. The minimum Gasteiger partial charge on any atom is -0.427 e. The predicted molar refractivity (Wildman–Crippen MR) is 129 cm³/mol. The van der Waals surface area contributed by atoms with Crippen LogP contribution in [0.25, 0.3) is 0 Å². The number of halogens is 18. The molecule has 0 aliphatic heterocycles. The van der Waals surface area contributed by atoms with E-state index in [1.165, 1.54) is 7.05 Å². The number of ether oxygens (including phenoxy) is 1. The molecule has 0 radical (unpaired) electrons. The number of hydrogen-bond acceptors (Lipinski definition) is 3. The van der Waals surface area contributed by atoms with Crippen LogP contribution in [-0.4, -0.2) is 80.2 Å². The third-order valence-corrected chi connectivity index (χ3v) is 5.57. The molecule has 0 spiro atoms. The highest BCUT2D eigenvalue weighted by Crippen LogP contribution is 2.63. The van der Waals surface area contributed by atoms with E-state index in [4.69, 9.17) is 0 Å². The zero-order valence-corrected chi connectivity index (χ0v) is 24.5. The van der Waals surface area contributed by atoms with Crippen LogP contribution in [0.1, 0.15) is 23.7 Å². The first-order chi connectivity index (χ1) is 19.0. The van der Waals surface area contributed by atoms with Crippen molar-refractivity contribution in [3.05, 3.63) is 35.6 Å². The molecular weight excluding hydrogens is 774 g/mol. The van der Waals surface area contributed by atoms with Gasteiger partial charge in [0.05, 0.1) is 11.3 Å². The third-order valence-electron chi connectivity index (χ3n) is 5.57. The number of anilines is 1. The average molecular weight is 794 g/mol. The number of amides is 1. The smallest absolute Gasteiger partial charge is 0.427 e. The molecule has 0 aliphatic carbocycles. The zero-order valence-electron chi connectivity index (χ0n) is 22.2. The summed E-state index contributed by atoms with van der Waals surface area (Å²) in [6.07, 6.45) is -7.54. The first kappa shape index (κ1) is 41.6. The predicted octanol–water partition coefficient (Wildman–Crippen LogP) is 8.71. The second-order valence-electron chi connectivity index (χ2n) is 8.91. The van der Waals surface area contributed by atoms with Gasteiger partial charge >= 0.3 is 47.7 Å². The number of nitrogens with zero attached hydrogens (tertiary/aromatic N) is 2. The van der Waals surface area contributed by atoms with E-state index in [-0.39, 0.29) is 36.9 Å². The molecule has 0 fully saturated rings. The van der Waals surface area contributed by atoms with Gasteiger partial charge in [-0.15, -0.1) is 24.0 Å². The molecule has 44 heavy (non-hydrogen) atoms. The summed E-state index contributed by atoms with van der Waals surface area (Å²) in [6, 6.07) is -0.809. The van der Waals surface area contributed by atoms with E-state index < -0.39 is 76.5 Å². The van der Waals surface area contributed by atoms with Gasteiger partial charge in [0.2, 0.25) is 5.83 Å². The fourth-order valence-electron chi connectivity index (χ4n) is 3.16. The van der Waals surface area contributed by atoms with Gasteiger partial charge in [-0.05, 0) is 18.6 Å². The van der Waals surface area contributed by atoms with Gasteiger partial charge in [0.15, 0.2) is 5.75 Å². The van der Waals surface area contributed by atoms with Crippen molar-refractivity contribution in [3.8, 4) is 5.75 Å². The lowest BCUT2D eigenvalue weighted by Gasteiger charge is -2.41. The number of carbonyl (C=O) groups is 1. The quantitative estimate of drug-likeness (QED) is 0.121. The number of carbonyl (C=O) groups excluding carboxylic acids is 1. The molecule has 22 heteroatoms. The van der Waals surface area contributed by atoms with Crippen LogP contribution in [0.4, 0.5) is 80.3 Å². The molecule has 0 atom stereocenters. The Labute approximate surface area is 253 Å². The molecule has 0 saturated heterocycles. The highest BCUT2D eigenvalue weighted by molar-refractivity contribution is 14.0. The largest absolute Gasteiger partial charge is 0.460 e. The topological polar surface area (TPSA) is 32.8 Å². The first-order valence-corrected chi connectivity index (χ1v) is 11.1. The minimum absolute atomic E-state index is 0. The van der Waals surface area contributed by atoms with Gasteiger partial charge in [0.1, 0.15) is 0 Å². The lowest BCUT2D eigenvalue weighted by atomic mass is 9.91. The van der Waals surface area contributed by atoms with Crippen molar-refractivity contribution in [2.75, 3.05) is 32.6 Å². The van der Waals surface area contributed by atoms with Gasteiger partial charge in [0, 0.05) is 27.7 Å². The fraction of sp³-hybridized carbons (Fsp3) is 0.591. The molecule has 0 aromatic heterocycles. The van der Waals surface area contributed by atoms with Gasteiger partial charge < -0.3 is 14.5 Å². The summed E-state index contributed by atoms with van der Waals surface area (Å²) in [7, 11) is 3.32. The maximum absolute atomic E-state index is 14.5. The van der Waals surface area contributed by atoms with E-state index in [9.17, 15) is 79.4 Å². The van der Waals surface area contributed by atoms with E-state index >= 15 is 0 Å².